The SMILES string of the molecule is C[C@H](NC(=O)COc1ccc(F)cc1F)c1ccco1. The third-order valence-electron chi connectivity index (χ3n) is 2.60. The lowest BCUT2D eigenvalue weighted by Crippen LogP contribution is -2.31. The number of hydrogen-bond acceptors (Lipinski definition) is 3. The first kappa shape index (κ1) is 14.0. The van der Waals surface area contributed by atoms with E-state index in [4.69, 9.17) is 9.15 Å². The first-order valence-corrected chi connectivity index (χ1v) is 5.97. The molecule has 0 bridgehead atoms. The monoisotopic (exact) mass is 281 g/mol. The molecule has 0 saturated heterocycles. The molecule has 106 valence electrons. The van der Waals surface area contributed by atoms with E-state index in [1.54, 1.807) is 19.1 Å². The third-order valence-corrected chi connectivity index (χ3v) is 2.60. The zero-order valence-electron chi connectivity index (χ0n) is 10.7. The minimum atomic E-state index is -0.850. The Kier molecular flexibility index (Phi) is 4.34. The van der Waals surface area contributed by atoms with Gasteiger partial charge >= 0.3 is 0 Å². The van der Waals surface area contributed by atoms with Crippen LogP contribution >= 0.6 is 0 Å². The molecule has 0 fully saturated rings. The lowest BCUT2D eigenvalue weighted by atomic mass is 10.2. The molecular formula is C14H13F2NO3. The Balaban J connectivity index is 1.86. The van der Waals surface area contributed by atoms with Crippen molar-refractivity contribution in [2.75, 3.05) is 6.61 Å². The average molecular weight is 281 g/mol. The number of carbonyl (C=O) groups excluding carboxylic acids is 1. The van der Waals surface area contributed by atoms with Crippen LogP contribution in [0.5, 0.6) is 5.75 Å². The molecular weight excluding hydrogens is 268 g/mol. The summed E-state index contributed by atoms with van der Waals surface area (Å²) in [7, 11) is 0. The Labute approximate surface area is 114 Å². The Bertz CT molecular complexity index is 584. The van der Waals surface area contributed by atoms with Gasteiger partial charge in [-0.2, -0.15) is 0 Å². The van der Waals surface area contributed by atoms with Crippen LogP contribution in [0.3, 0.4) is 0 Å². The fourth-order valence-corrected chi connectivity index (χ4v) is 1.63. The predicted molar refractivity (Wildman–Crippen MR) is 67.1 cm³/mol. The molecule has 4 nitrogen and oxygen atoms in total. The van der Waals surface area contributed by atoms with E-state index in [-0.39, 0.29) is 18.4 Å². The van der Waals surface area contributed by atoms with E-state index in [2.05, 4.69) is 5.32 Å². The lowest BCUT2D eigenvalue weighted by Gasteiger charge is -2.12. The topological polar surface area (TPSA) is 51.5 Å². The first-order chi connectivity index (χ1) is 9.56. The fraction of sp³-hybridized carbons (Fsp3) is 0.214. The summed E-state index contributed by atoms with van der Waals surface area (Å²) in [5.41, 5.74) is 0. The minimum absolute atomic E-state index is 0.174. The molecule has 0 spiro atoms. The smallest absolute Gasteiger partial charge is 0.258 e. The quantitative estimate of drug-likeness (QED) is 0.916. The lowest BCUT2D eigenvalue weighted by molar-refractivity contribution is -0.123. The number of furan rings is 1. The van der Waals surface area contributed by atoms with Gasteiger partial charge in [0.1, 0.15) is 11.6 Å². The second kappa shape index (κ2) is 6.18. The summed E-state index contributed by atoms with van der Waals surface area (Å²) in [4.78, 5) is 11.6. The Morgan fingerprint density at radius 1 is 1.40 bits per heavy atom. The van der Waals surface area contributed by atoms with Crippen molar-refractivity contribution in [3.8, 4) is 5.75 Å². The molecule has 1 aromatic heterocycles. The van der Waals surface area contributed by atoms with Gasteiger partial charge in [0, 0.05) is 6.07 Å². The summed E-state index contributed by atoms with van der Waals surface area (Å²) in [6.45, 7) is 1.38. The maximum Gasteiger partial charge on any atom is 0.258 e. The molecule has 0 aliphatic rings. The zero-order chi connectivity index (χ0) is 14.5. The van der Waals surface area contributed by atoms with Gasteiger partial charge in [0.2, 0.25) is 0 Å². The van der Waals surface area contributed by atoms with E-state index < -0.39 is 17.5 Å². The molecule has 0 radical (unpaired) electrons. The molecule has 0 unspecified atom stereocenters. The van der Waals surface area contributed by atoms with E-state index >= 15 is 0 Å². The summed E-state index contributed by atoms with van der Waals surface area (Å²) in [6.07, 6.45) is 1.50. The molecule has 2 rings (SSSR count). The van der Waals surface area contributed by atoms with Crippen molar-refractivity contribution in [2.45, 2.75) is 13.0 Å². The van der Waals surface area contributed by atoms with E-state index in [1.807, 2.05) is 0 Å². The van der Waals surface area contributed by atoms with Crippen LogP contribution in [0.25, 0.3) is 0 Å². The summed E-state index contributed by atoms with van der Waals surface area (Å²) >= 11 is 0. The molecule has 1 heterocycles. The highest BCUT2D eigenvalue weighted by Gasteiger charge is 2.13. The van der Waals surface area contributed by atoms with Crippen molar-refractivity contribution in [2.24, 2.45) is 0 Å². The number of nitrogens with one attached hydrogen (secondary N) is 1. The van der Waals surface area contributed by atoms with Crippen LogP contribution < -0.4 is 10.1 Å². The molecule has 0 aliphatic carbocycles. The number of ether oxygens (including phenoxy) is 1. The van der Waals surface area contributed by atoms with Crippen LogP contribution in [-0.2, 0) is 4.79 Å². The second-order valence-electron chi connectivity index (χ2n) is 4.17. The largest absolute Gasteiger partial charge is 0.481 e. The summed E-state index contributed by atoms with van der Waals surface area (Å²) in [6, 6.07) is 6.00. The van der Waals surface area contributed by atoms with E-state index in [0.717, 1.165) is 12.1 Å². The standard InChI is InChI=1S/C14H13F2NO3/c1-9(12-3-2-6-19-12)17-14(18)8-20-13-5-4-10(15)7-11(13)16/h2-7,9H,8H2,1H3,(H,17,18)/t9-/m0/s1. The van der Waals surface area contributed by atoms with Crippen molar-refractivity contribution in [3.63, 3.8) is 0 Å². The van der Waals surface area contributed by atoms with Gasteiger partial charge in [0.25, 0.3) is 5.91 Å². The van der Waals surface area contributed by atoms with Crippen LogP contribution in [0.4, 0.5) is 8.78 Å². The highest BCUT2D eigenvalue weighted by atomic mass is 19.1. The van der Waals surface area contributed by atoms with Gasteiger partial charge in [0.05, 0.1) is 12.3 Å². The zero-order valence-corrected chi connectivity index (χ0v) is 10.7. The summed E-state index contributed by atoms with van der Waals surface area (Å²) in [5.74, 6) is -1.56. The third kappa shape index (κ3) is 3.57. The Morgan fingerprint density at radius 3 is 2.85 bits per heavy atom. The van der Waals surface area contributed by atoms with Gasteiger partial charge < -0.3 is 14.5 Å². The number of carbonyl (C=O) groups is 1. The van der Waals surface area contributed by atoms with Crippen molar-refractivity contribution >= 4 is 5.91 Å². The number of benzene rings is 1. The second-order valence-corrected chi connectivity index (χ2v) is 4.17. The van der Waals surface area contributed by atoms with Crippen LogP contribution in [0.15, 0.2) is 41.0 Å². The molecule has 2 aromatic rings. The molecule has 1 N–H and O–H groups in total. The highest BCUT2D eigenvalue weighted by molar-refractivity contribution is 5.77. The van der Waals surface area contributed by atoms with Gasteiger partial charge in [-0.15, -0.1) is 0 Å². The average Bonchev–Trinajstić information content (AvgIpc) is 2.91. The normalized spacial score (nSPS) is 11.9. The van der Waals surface area contributed by atoms with E-state index in [9.17, 15) is 13.6 Å². The van der Waals surface area contributed by atoms with Crippen LogP contribution in [0.2, 0.25) is 0 Å². The van der Waals surface area contributed by atoms with Crippen molar-refractivity contribution in [1.29, 1.82) is 0 Å². The maximum atomic E-state index is 13.3. The summed E-state index contributed by atoms with van der Waals surface area (Å²) < 4.78 is 36.1. The number of hydrogen-bond donors (Lipinski definition) is 1. The predicted octanol–water partition coefficient (Wildman–Crippen LogP) is 2.81. The molecule has 6 heteroatoms. The molecule has 0 saturated carbocycles. The van der Waals surface area contributed by atoms with Crippen molar-refractivity contribution in [1.82, 2.24) is 5.32 Å². The maximum absolute atomic E-state index is 13.3. The van der Waals surface area contributed by atoms with Gasteiger partial charge in [0.15, 0.2) is 18.2 Å². The summed E-state index contributed by atoms with van der Waals surface area (Å²) in [5, 5.41) is 2.63. The Hall–Kier alpha value is -2.37. The van der Waals surface area contributed by atoms with E-state index in [0.29, 0.717) is 11.8 Å². The molecule has 0 aliphatic heterocycles. The van der Waals surface area contributed by atoms with Crippen LogP contribution in [0, 0.1) is 11.6 Å². The first-order valence-electron chi connectivity index (χ1n) is 5.97. The van der Waals surface area contributed by atoms with Gasteiger partial charge in [-0.1, -0.05) is 0 Å². The highest BCUT2D eigenvalue weighted by Crippen LogP contribution is 2.17. The number of halogens is 2. The van der Waals surface area contributed by atoms with Crippen LogP contribution in [0.1, 0.15) is 18.7 Å². The fourth-order valence-electron chi connectivity index (χ4n) is 1.63. The van der Waals surface area contributed by atoms with Crippen molar-refractivity contribution in [3.05, 3.63) is 54.0 Å². The minimum Gasteiger partial charge on any atom is -0.481 e. The number of rotatable bonds is 5. The van der Waals surface area contributed by atoms with Crippen molar-refractivity contribution < 1.29 is 22.7 Å². The molecule has 20 heavy (non-hydrogen) atoms. The molecule has 1 amide bonds. The van der Waals surface area contributed by atoms with Gasteiger partial charge in [-0.05, 0) is 31.2 Å². The van der Waals surface area contributed by atoms with E-state index in [1.165, 1.54) is 6.26 Å². The van der Waals surface area contributed by atoms with Gasteiger partial charge in [-0.3, -0.25) is 4.79 Å². The number of amides is 1. The molecule has 1 atom stereocenters. The Morgan fingerprint density at radius 2 is 2.20 bits per heavy atom. The van der Waals surface area contributed by atoms with Crippen LogP contribution in [-0.4, -0.2) is 12.5 Å². The molecule has 1 aromatic carbocycles. The van der Waals surface area contributed by atoms with Gasteiger partial charge in [-0.25, -0.2) is 8.78 Å².